The fraction of sp³-hybridized carbons (Fsp3) is 0.900. The van der Waals surface area contributed by atoms with Crippen LogP contribution in [-0.2, 0) is 4.79 Å². The van der Waals surface area contributed by atoms with Crippen molar-refractivity contribution >= 4 is 5.91 Å². The van der Waals surface area contributed by atoms with Crippen molar-refractivity contribution in [3.05, 3.63) is 0 Å². The second-order valence-corrected chi connectivity index (χ2v) is 4.61. The molecule has 1 aliphatic rings. The lowest BCUT2D eigenvalue weighted by molar-refractivity contribution is -0.135. The number of nitrogens with one attached hydrogen (secondary N) is 1. The van der Waals surface area contributed by atoms with E-state index >= 15 is 0 Å². The quantitative estimate of drug-likeness (QED) is 0.681. The zero-order valence-electron chi connectivity index (χ0n) is 9.63. The molecule has 0 saturated carbocycles. The van der Waals surface area contributed by atoms with Gasteiger partial charge in [0.1, 0.15) is 0 Å². The van der Waals surface area contributed by atoms with E-state index < -0.39 is 0 Å². The van der Waals surface area contributed by atoms with Crippen molar-refractivity contribution < 1.29 is 4.79 Å². The van der Waals surface area contributed by atoms with Gasteiger partial charge in [-0.15, -0.1) is 0 Å². The summed E-state index contributed by atoms with van der Waals surface area (Å²) in [6.07, 6.45) is 0. The molecule has 82 valence electrons. The molecule has 14 heavy (non-hydrogen) atoms. The van der Waals surface area contributed by atoms with Gasteiger partial charge in [0.2, 0.25) is 5.91 Å². The summed E-state index contributed by atoms with van der Waals surface area (Å²) in [5.41, 5.74) is -0.353. The van der Waals surface area contributed by atoms with Gasteiger partial charge in [-0.25, -0.2) is 0 Å². The largest absolute Gasteiger partial charge is 0.353 e. The number of nitrogens with zero attached hydrogens (tertiary/aromatic N) is 2. The zero-order chi connectivity index (χ0) is 10.8. The Morgan fingerprint density at radius 3 is 2.71 bits per heavy atom. The van der Waals surface area contributed by atoms with Crippen molar-refractivity contribution in [1.29, 1.82) is 0 Å². The number of amides is 1. The van der Waals surface area contributed by atoms with Crippen molar-refractivity contribution in [2.45, 2.75) is 19.4 Å². The molecule has 0 unspecified atom stereocenters. The van der Waals surface area contributed by atoms with Crippen LogP contribution in [0.4, 0.5) is 0 Å². The third-order valence-electron chi connectivity index (χ3n) is 2.83. The Kier molecular flexibility index (Phi) is 3.50. The van der Waals surface area contributed by atoms with Crippen LogP contribution in [0.15, 0.2) is 0 Å². The van der Waals surface area contributed by atoms with E-state index in [4.69, 9.17) is 0 Å². The van der Waals surface area contributed by atoms with Crippen LogP contribution in [0.2, 0.25) is 0 Å². The van der Waals surface area contributed by atoms with Gasteiger partial charge in [0, 0.05) is 26.2 Å². The van der Waals surface area contributed by atoms with Crippen LogP contribution in [0.1, 0.15) is 13.8 Å². The second-order valence-electron chi connectivity index (χ2n) is 4.61. The predicted molar refractivity (Wildman–Crippen MR) is 57.2 cm³/mol. The first kappa shape index (κ1) is 11.5. The SMILES string of the molecule is CN(C)CCN1CCNC(=O)C1(C)C. The first-order valence-electron chi connectivity index (χ1n) is 5.12. The molecule has 1 saturated heterocycles. The van der Waals surface area contributed by atoms with Crippen LogP contribution in [0.25, 0.3) is 0 Å². The van der Waals surface area contributed by atoms with Crippen LogP contribution >= 0.6 is 0 Å². The minimum Gasteiger partial charge on any atom is -0.353 e. The molecule has 0 bridgehead atoms. The molecule has 0 aromatic carbocycles. The van der Waals surface area contributed by atoms with Gasteiger partial charge in [-0.2, -0.15) is 0 Å². The second kappa shape index (κ2) is 4.28. The monoisotopic (exact) mass is 199 g/mol. The van der Waals surface area contributed by atoms with Gasteiger partial charge in [0.15, 0.2) is 0 Å². The van der Waals surface area contributed by atoms with Crippen LogP contribution in [-0.4, -0.2) is 61.5 Å². The zero-order valence-corrected chi connectivity index (χ0v) is 9.63. The molecule has 1 rings (SSSR count). The van der Waals surface area contributed by atoms with E-state index in [0.717, 1.165) is 26.2 Å². The molecule has 0 aliphatic carbocycles. The topological polar surface area (TPSA) is 35.6 Å². The van der Waals surface area contributed by atoms with Crippen molar-refractivity contribution in [2.75, 3.05) is 40.3 Å². The van der Waals surface area contributed by atoms with E-state index in [9.17, 15) is 4.79 Å². The molecule has 4 heteroatoms. The highest BCUT2D eigenvalue weighted by atomic mass is 16.2. The Bertz CT molecular complexity index is 213. The molecule has 1 heterocycles. The van der Waals surface area contributed by atoms with E-state index in [1.807, 2.05) is 13.8 Å². The molecule has 0 aromatic rings. The Morgan fingerprint density at radius 1 is 1.50 bits per heavy atom. The molecule has 1 N–H and O–H groups in total. The van der Waals surface area contributed by atoms with Crippen molar-refractivity contribution in [3.63, 3.8) is 0 Å². The van der Waals surface area contributed by atoms with Crippen molar-refractivity contribution in [3.8, 4) is 0 Å². The molecular weight excluding hydrogens is 178 g/mol. The van der Waals surface area contributed by atoms with E-state index in [-0.39, 0.29) is 11.4 Å². The van der Waals surface area contributed by atoms with Crippen LogP contribution in [0.5, 0.6) is 0 Å². The molecular formula is C10H21N3O. The lowest BCUT2D eigenvalue weighted by atomic mass is 9.99. The summed E-state index contributed by atoms with van der Waals surface area (Å²) >= 11 is 0. The minimum absolute atomic E-state index is 0.141. The third-order valence-corrected chi connectivity index (χ3v) is 2.83. The Morgan fingerprint density at radius 2 is 2.14 bits per heavy atom. The Balaban J connectivity index is 2.54. The highest BCUT2D eigenvalue weighted by molar-refractivity contribution is 5.86. The molecule has 1 fully saturated rings. The standard InChI is InChI=1S/C10H21N3O/c1-10(2)9(14)11-5-6-13(10)8-7-12(3)4/h5-8H2,1-4H3,(H,11,14). The summed E-state index contributed by atoms with van der Waals surface area (Å²) < 4.78 is 0. The third kappa shape index (κ3) is 2.45. The van der Waals surface area contributed by atoms with E-state index in [0.29, 0.717) is 0 Å². The Labute approximate surface area is 86.2 Å². The highest BCUT2D eigenvalue weighted by Crippen LogP contribution is 2.16. The van der Waals surface area contributed by atoms with E-state index in [1.165, 1.54) is 0 Å². The van der Waals surface area contributed by atoms with Crippen LogP contribution in [0, 0.1) is 0 Å². The summed E-state index contributed by atoms with van der Waals surface area (Å²) in [5, 5.41) is 2.90. The number of carbonyl (C=O) groups is 1. The number of piperazine rings is 1. The van der Waals surface area contributed by atoms with E-state index in [1.54, 1.807) is 0 Å². The first-order chi connectivity index (χ1) is 6.44. The maximum absolute atomic E-state index is 11.6. The summed E-state index contributed by atoms with van der Waals surface area (Å²) in [5.74, 6) is 0.141. The fourth-order valence-electron chi connectivity index (χ4n) is 1.66. The number of rotatable bonds is 3. The summed E-state index contributed by atoms with van der Waals surface area (Å²) in [4.78, 5) is 16.0. The smallest absolute Gasteiger partial charge is 0.239 e. The number of carbonyl (C=O) groups excluding carboxylic acids is 1. The minimum atomic E-state index is -0.353. The molecule has 1 aliphatic heterocycles. The molecule has 4 nitrogen and oxygen atoms in total. The molecule has 0 spiro atoms. The number of hydrogen-bond acceptors (Lipinski definition) is 3. The van der Waals surface area contributed by atoms with E-state index in [2.05, 4.69) is 29.2 Å². The lowest BCUT2D eigenvalue weighted by Crippen LogP contribution is -2.62. The van der Waals surface area contributed by atoms with Gasteiger partial charge in [0.25, 0.3) is 0 Å². The summed E-state index contributed by atoms with van der Waals surface area (Å²) in [7, 11) is 4.11. The lowest BCUT2D eigenvalue weighted by Gasteiger charge is -2.41. The van der Waals surface area contributed by atoms with Gasteiger partial charge in [-0.3, -0.25) is 9.69 Å². The van der Waals surface area contributed by atoms with Gasteiger partial charge in [-0.1, -0.05) is 0 Å². The molecule has 0 aromatic heterocycles. The Hall–Kier alpha value is -0.610. The summed E-state index contributed by atoms with van der Waals surface area (Å²) in [6.45, 7) is 7.64. The maximum Gasteiger partial charge on any atom is 0.239 e. The van der Waals surface area contributed by atoms with Crippen LogP contribution < -0.4 is 5.32 Å². The van der Waals surface area contributed by atoms with Gasteiger partial charge >= 0.3 is 0 Å². The summed E-state index contributed by atoms with van der Waals surface area (Å²) in [6, 6.07) is 0. The van der Waals surface area contributed by atoms with Crippen molar-refractivity contribution in [2.24, 2.45) is 0 Å². The average Bonchev–Trinajstić information content (AvgIpc) is 2.07. The normalized spacial score (nSPS) is 22.5. The molecule has 1 amide bonds. The van der Waals surface area contributed by atoms with Crippen LogP contribution in [0.3, 0.4) is 0 Å². The van der Waals surface area contributed by atoms with Crippen molar-refractivity contribution in [1.82, 2.24) is 15.1 Å². The highest BCUT2D eigenvalue weighted by Gasteiger charge is 2.36. The van der Waals surface area contributed by atoms with Gasteiger partial charge < -0.3 is 10.2 Å². The predicted octanol–water partition coefficient (Wildman–Crippen LogP) is -0.242. The first-order valence-corrected chi connectivity index (χ1v) is 5.12. The number of hydrogen-bond donors (Lipinski definition) is 1. The maximum atomic E-state index is 11.6. The fourth-order valence-corrected chi connectivity index (χ4v) is 1.66. The molecule has 0 radical (unpaired) electrons. The van der Waals surface area contributed by atoms with Gasteiger partial charge in [-0.05, 0) is 27.9 Å². The number of likely N-dealkylation sites (N-methyl/N-ethyl adjacent to an activating group) is 1. The molecule has 0 atom stereocenters. The average molecular weight is 199 g/mol. The van der Waals surface area contributed by atoms with Gasteiger partial charge in [0.05, 0.1) is 5.54 Å².